The first-order valence-electron chi connectivity index (χ1n) is 4.36. The molecule has 0 aliphatic rings. The Morgan fingerprint density at radius 3 is 2.88 bits per heavy atom. The number of rotatable bonds is 4. The molecule has 0 saturated carbocycles. The summed E-state index contributed by atoms with van der Waals surface area (Å²) in [6.07, 6.45) is 0.169. The fourth-order valence-corrected chi connectivity index (χ4v) is 1.50. The third-order valence-corrected chi connectivity index (χ3v) is 2.42. The molecule has 0 bridgehead atoms. The van der Waals surface area contributed by atoms with Crippen LogP contribution in [-0.2, 0) is 8.98 Å². The van der Waals surface area contributed by atoms with Crippen LogP contribution in [0.5, 0.6) is 0 Å². The second kappa shape index (κ2) is 5.45. The third-order valence-electron chi connectivity index (χ3n) is 1.63. The number of carbonyl (C=O) groups excluding carboxylic acids is 1. The third kappa shape index (κ3) is 3.20. The molecular formula is C9H8FNO4S. The van der Waals surface area contributed by atoms with Crippen molar-refractivity contribution < 1.29 is 18.3 Å². The molecule has 7 heteroatoms. The molecule has 0 amide bonds. The van der Waals surface area contributed by atoms with Gasteiger partial charge in [-0.2, -0.15) is 0 Å². The van der Waals surface area contributed by atoms with E-state index in [1.54, 1.807) is 6.92 Å². The molecule has 0 radical (unpaired) electrons. The lowest BCUT2D eigenvalue weighted by molar-refractivity contribution is -0.388. The lowest BCUT2D eigenvalue weighted by Crippen LogP contribution is -1.97. The zero-order valence-electron chi connectivity index (χ0n) is 8.31. The van der Waals surface area contributed by atoms with Crippen LogP contribution in [-0.4, -0.2) is 10.9 Å². The van der Waals surface area contributed by atoms with Crippen LogP contribution in [0.1, 0.15) is 13.3 Å². The largest absolute Gasteiger partial charge is 0.386 e. The number of benzene rings is 1. The second-order valence-electron chi connectivity index (χ2n) is 2.76. The van der Waals surface area contributed by atoms with Crippen LogP contribution in [0.25, 0.3) is 0 Å². The van der Waals surface area contributed by atoms with Crippen LogP contribution in [0.4, 0.5) is 10.1 Å². The molecule has 5 nitrogen and oxygen atoms in total. The van der Waals surface area contributed by atoms with Crippen LogP contribution >= 0.6 is 12.0 Å². The van der Waals surface area contributed by atoms with E-state index >= 15 is 0 Å². The smallest absolute Gasteiger partial charge is 0.317 e. The molecule has 1 aromatic rings. The number of nitro benzene ring substituents is 1. The van der Waals surface area contributed by atoms with Gasteiger partial charge < -0.3 is 4.18 Å². The van der Waals surface area contributed by atoms with Gasteiger partial charge in [0.05, 0.1) is 11.0 Å². The number of hydrogen-bond donors (Lipinski definition) is 0. The topological polar surface area (TPSA) is 69.4 Å². The van der Waals surface area contributed by atoms with E-state index in [1.165, 1.54) is 6.07 Å². The van der Waals surface area contributed by atoms with E-state index in [-0.39, 0.29) is 11.3 Å². The highest BCUT2D eigenvalue weighted by atomic mass is 32.2. The van der Waals surface area contributed by atoms with Crippen molar-refractivity contribution in [3.63, 3.8) is 0 Å². The molecule has 0 aliphatic carbocycles. The Hall–Kier alpha value is -1.63. The first-order valence-corrected chi connectivity index (χ1v) is 5.10. The number of carbonyl (C=O) groups is 1. The van der Waals surface area contributed by atoms with Gasteiger partial charge in [0.1, 0.15) is 22.8 Å². The average molecular weight is 245 g/mol. The molecule has 0 N–H and O–H groups in total. The number of hydrogen-bond acceptors (Lipinski definition) is 5. The Bertz CT molecular complexity index is 424. The fourth-order valence-electron chi connectivity index (χ4n) is 0.854. The minimum absolute atomic E-state index is 0.0909. The molecule has 0 atom stereocenters. The first-order chi connectivity index (χ1) is 7.54. The minimum Gasteiger partial charge on any atom is -0.386 e. The Labute approximate surface area is 95.0 Å². The van der Waals surface area contributed by atoms with Gasteiger partial charge >= 0.3 is 5.97 Å². The molecule has 1 rings (SSSR count). The number of nitro groups is 1. The second-order valence-corrected chi connectivity index (χ2v) is 3.53. The summed E-state index contributed by atoms with van der Waals surface area (Å²) in [5.74, 6) is -1.21. The highest BCUT2D eigenvalue weighted by Gasteiger charge is 2.17. The standard InChI is InChI=1S/C9H8FNO4S/c1-2-9(12)15-16-8-4-3-6(10)5-7(8)11(13)14/h3-5H,2H2,1H3. The van der Waals surface area contributed by atoms with E-state index in [4.69, 9.17) is 0 Å². The summed E-state index contributed by atoms with van der Waals surface area (Å²) in [6.45, 7) is 1.60. The average Bonchev–Trinajstić information content (AvgIpc) is 2.26. The van der Waals surface area contributed by atoms with Gasteiger partial charge in [-0.1, -0.05) is 6.92 Å². The van der Waals surface area contributed by atoms with E-state index in [2.05, 4.69) is 4.18 Å². The van der Waals surface area contributed by atoms with Crippen LogP contribution in [0.3, 0.4) is 0 Å². The van der Waals surface area contributed by atoms with Crippen LogP contribution < -0.4 is 0 Å². The minimum atomic E-state index is -0.731. The van der Waals surface area contributed by atoms with Gasteiger partial charge in [0.2, 0.25) is 0 Å². The molecule has 0 aromatic heterocycles. The molecular weight excluding hydrogens is 237 g/mol. The quantitative estimate of drug-likeness (QED) is 0.463. The SMILES string of the molecule is CCC(=O)OSc1ccc(F)cc1[N+](=O)[O-]. The van der Waals surface area contributed by atoms with Gasteiger partial charge in [-0.05, 0) is 12.1 Å². The predicted octanol–water partition coefficient (Wildman–Crippen LogP) is 2.69. The Balaban J connectivity index is 2.87. The van der Waals surface area contributed by atoms with Crippen molar-refractivity contribution in [1.82, 2.24) is 0 Å². The molecule has 0 saturated heterocycles. The molecule has 0 unspecified atom stereocenters. The normalized spacial score (nSPS) is 9.88. The van der Waals surface area contributed by atoms with Crippen molar-refractivity contribution in [3.05, 3.63) is 34.1 Å². The highest BCUT2D eigenvalue weighted by molar-refractivity contribution is 7.95. The van der Waals surface area contributed by atoms with Gasteiger partial charge in [0.25, 0.3) is 5.69 Å². The van der Waals surface area contributed by atoms with Crippen molar-refractivity contribution in [2.75, 3.05) is 0 Å². The number of halogens is 1. The summed E-state index contributed by atoms with van der Waals surface area (Å²) < 4.78 is 17.4. The maximum atomic E-state index is 12.8. The molecule has 86 valence electrons. The van der Waals surface area contributed by atoms with E-state index in [0.717, 1.165) is 12.1 Å². The molecule has 0 heterocycles. The van der Waals surface area contributed by atoms with Crippen LogP contribution in [0.2, 0.25) is 0 Å². The Morgan fingerprint density at radius 2 is 2.31 bits per heavy atom. The molecule has 0 aliphatic heterocycles. The van der Waals surface area contributed by atoms with Gasteiger partial charge in [-0.3, -0.25) is 14.9 Å². The lowest BCUT2D eigenvalue weighted by Gasteiger charge is -2.02. The molecule has 0 fully saturated rings. The van der Waals surface area contributed by atoms with Crippen molar-refractivity contribution in [3.8, 4) is 0 Å². The van der Waals surface area contributed by atoms with Crippen molar-refractivity contribution in [2.45, 2.75) is 18.2 Å². The van der Waals surface area contributed by atoms with E-state index in [1.807, 2.05) is 0 Å². The fraction of sp³-hybridized carbons (Fsp3) is 0.222. The van der Waals surface area contributed by atoms with Gasteiger partial charge in [-0.25, -0.2) is 4.39 Å². The Kier molecular flexibility index (Phi) is 4.24. The summed E-state index contributed by atoms with van der Waals surface area (Å²) in [4.78, 5) is 20.8. The van der Waals surface area contributed by atoms with E-state index in [9.17, 15) is 19.3 Å². The van der Waals surface area contributed by atoms with Gasteiger partial charge in [-0.15, -0.1) is 0 Å². The molecule has 0 spiro atoms. The predicted molar refractivity (Wildman–Crippen MR) is 55.3 cm³/mol. The van der Waals surface area contributed by atoms with E-state index in [0.29, 0.717) is 12.0 Å². The van der Waals surface area contributed by atoms with Gasteiger partial charge in [0.15, 0.2) is 0 Å². The first kappa shape index (κ1) is 12.4. The monoisotopic (exact) mass is 245 g/mol. The van der Waals surface area contributed by atoms with Crippen LogP contribution in [0, 0.1) is 15.9 Å². The Morgan fingerprint density at radius 1 is 1.62 bits per heavy atom. The zero-order valence-corrected chi connectivity index (χ0v) is 9.12. The molecule has 1 aromatic carbocycles. The van der Waals surface area contributed by atoms with Crippen molar-refractivity contribution in [1.29, 1.82) is 0 Å². The van der Waals surface area contributed by atoms with Gasteiger partial charge in [0, 0.05) is 6.42 Å². The van der Waals surface area contributed by atoms with Crippen molar-refractivity contribution in [2.24, 2.45) is 0 Å². The lowest BCUT2D eigenvalue weighted by atomic mass is 10.3. The highest BCUT2D eigenvalue weighted by Crippen LogP contribution is 2.30. The van der Waals surface area contributed by atoms with Crippen molar-refractivity contribution >= 4 is 23.7 Å². The number of nitrogens with zero attached hydrogens (tertiary/aromatic N) is 1. The maximum absolute atomic E-state index is 12.8. The summed E-state index contributed by atoms with van der Waals surface area (Å²) in [7, 11) is 0. The zero-order chi connectivity index (χ0) is 12.1. The molecule has 16 heavy (non-hydrogen) atoms. The maximum Gasteiger partial charge on any atom is 0.317 e. The summed E-state index contributed by atoms with van der Waals surface area (Å²) in [5.41, 5.74) is -0.422. The summed E-state index contributed by atoms with van der Waals surface area (Å²) in [5, 5.41) is 10.6. The summed E-state index contributed by atoms with van der Waals surface area (Å²) >= 11 is 0.559. The summed E-state index contributed by atoms with van der Waals surface area (Å²) in [6, 6.07) is 3.04. The van der Waals surface area contributed by atoms with E-state index < -0.39 is 22.4 Å². The van der Waals surface area contributed by atoms with Crippen LogP contribution in [0.15, 0.2) is 23.1 Å².